The Morgan fingerprint density at radius 2 is 1.87 bits per heavy atom. The van der Waals surface area contributed by atoms with Crippen molar-refractivity contribution in [3.05, 3.63) is 41.1 Å². The Morgan fingerprint density at radius 1 is 1.17 bits per heavy atom. The van der Waals surface area contributed by atoms with Gasteiger partial charge in [-0.1, -0.05) is 13.8 Å². The zero-order valence-electron chi connectivity index (χ0n) is 14.3. The SMILES string of the molecule is COc1cc2c(cc1OC)CN(Cc1coc(C(C)C)n1)CC2. The normalized spacial score (nSPS) is 14.8. The summed E-state index contributed by atoms with van der Waals surface area (Å²) in [5.74, 6) is 2.72. The van der Waals surface area contributed by atoms with E-state index in [9.17, 15) is 0 Å². The van der Waals surface area contributed by atoms with Crippen LogP contribution in [-0.4, -0.2) is 30.6 Å². The molecule has 0 bridgehead atoms. The molecule has 0 radical (unpaired) electrons. The molecule has 1 aromatic carbocycles. The van der Waals surface area contributed by atoms with Crippen LogP contribution in [0.1, 0.15) is 42.5 Å². The molecule has 0 saturated carbocycles. The molecule has 124 valence electrons. The Kier molecular flexibility index (Phi) is 4.57. The fraction of sp³-hybridized carbons (Fsp3) is 0.500. The molecule has 23 heavy (non-hydrogen) atoms. The number of nitrogens with zero attached hydrogens (tertiary/aromatic N) is 2. The number of fused-ring (bicyclic) bond motifs is 1. The van der Waals surface area contributed by atoms with Gasteiger partial charge < -0.3 is 13.9 Å². The van der Waals surface area contributed by atoms with Crippen molar-refractivity contribution >= 4 is 0 Å². The summed E-state index contributed by atoms with van der Waals surface area (Å²) in [6.07, 6.45) is 2.78. The molecule has 1 aliphatic heterocycles. The van der Waals surface area contributed by atoms with Crippen molar-refractivity contribution in [1.82, 2.24) is 9.88 Å². The highest BCUT2D eigenvalue weighted by atomic mass is 16.5. The second-order valence-corrected chi connectivity index (χ2v) is 6.27. The number of ether oxygens (including phenoxy) is 2. The van der Waals surface area contributed by atoms with E-state index < -0.39 is 0 Å². The Balaban J connectivity index is 1.74. The van der Waals surface area contributed by atoms with Gasteiger partial charge in [0.2, 0.25) is 0 Å². The Labute approximate surface area is 137 Å². The van der Waals surface area contributed by atoms with E-state index in [0.717, 1.165) is 49.1 Å². The highest BCUT2D eigenvalue weighted by Crippen LogP contribution is 2.33. The molecule has 0 amide bonds. The maximum absolute atomic E-state index is 5.53. The van der Waals surface area contributed by atoms with E-state index in [1.165, 1.54) is 11.1 Å². The Bertz CT molecular complexity index is 679. The summed E-state index contributed by atoms with van der Waals surface area (Å²) in [5.41, 5.74) is 3.63. The zero-order chi connectivity index (χ0) is 16.4. The molecule has 0 N–H and O–H groups in total. The molecule has 2 aromatic rings. The Morgan fingerprint density at radius 3 is 2.48 bits per heavy atom. The highest BCUT2D eigenvalue weighted by Gasteiger charge is 2.20. The summed E-state index contributed by atoms with van der Waals surface area (Å²) < 4.78 is 16.3. The lowest BCUT2D eigenvalue weighted by Gasteiger charge is -2.28. The third-order valence-corrected chi connectivity index (χ3v) is 4.25. The van der Waals surface area contributed by atoms with Crippen LogP contribution in [0.15, 0.2) is 22.8 Å². The van der Waals surface area contributed by atoms with Gasteiger partial charge in [0, 0.05) is 25.6 Å². The van der Waals surface area contributed by atoms with Crippen molar-refractivity contribution < 1.29 is 13.9 Å². The molecule has 2 heterocycles. The molecular formula is C18H24N2O3. The van der Waals surface area contributed by atoms with Crippen LogP contribution >= 0.6 is 0 Å². The fourth-order valence-electron chi connectivity index (χ4n) is 2.97. The van der Waals surface area contributed by atoms with Gasteiger partial charge in [-0.05, 0) is 29.7 Å². The number of hydrogen-bond acceptors (Lipinski definition) is 5. The van der Waals surface area contributed by atoms with E-state index in [1.54, 1.807) is 20.5 Å². The average Bonchev–Trinajstić information content (AvgIpc) is 3.02. The minimum Gasteiger partial charge on any atom is -0.493 e. The number of hydrogen-bond donors (Lipinski definition) is 0. The van der Waals surface area contributed by atoms with Gasteiger partial charge in [-0.15, -0.1) is 0 Å². The van der Waals surface area contributed by atoms with Crippen LogP contribution < -0.4 is 9.47 Å². The average molecular weight is 316 g/mol. The monoisotopic (exact) mass is 316 g/mol. The van der Waals surface area contributed by atoms with Crippen molar-refractivity contribution in [2.75, 3.05) is 20.8 Å². The van der Waals surface area contributed by atoms with Crippen molar-refractivity contribution in [3.63, 3.8) is 0 Å². The number of oxazole rings is 1. The smallest absolute Gasteiger partial charge is 0.196 e. The van der Waals surface area contributed by atoms with E-state index in [-0.39, 0.29) is 0 Å². The summed E-state index contributed by atoms with van der Waals surface area (Å²) in [7, 11) is 3.35. The molecule has 0 spiro atoms. The number of aromatic nitrogens is 1. The first-order valence-corrected chi connectivity index (χ1v) is 8.01. The summed E-state index contributed by atoms with van der Waals surface area (Å²) in [6.45, 7) is 6.88. The lowest BCUT2D eigenvalue weighted by Crippen LogP contribution is -2.30. The molecule has 1 aromatic heterocycles. The van der Waals surface area contributed by atoms with Gasteiger partial charge in [-0.3, -0.25) is 4.90 Å². The Hall–Kier alpha value is -2.01. The predicted molar refractivity (Wildman–Crippen MR) is 88.0 cm³/mol. The van der Waals surface area contributed by atoms with Crippen molar-refractivity contribution in [3.8, 4) is 11.5 Å². The van der Waals surface area contributed by atoms with Crippen LogP contribution in [0, 0.1) is 0 Å². The lowest BCUT2D eigenvalue weighted by molar-refractivity contribution is 0.241. The molecular weight excluding hydrogens is 292 g/mol. The lowest BCUT2D eigenvalue weighted by atomic mass is 9.98. The third-order valence-electron chi connectivity index (χ3n) is 4.25. The molecule has 5 nitrogen and oxygen atoms in total. The summed E-state index contributed by atoms with van der Waals surface area (Å²) >= 11 is 0. The molecule has 0 fully saturated rings. The topological polar surface area (TPSA) is 47.7 Å². The van der Waals surface area contributed by atoms with Crippen LogP contribution in [-0.2, 0) is 19.5 Å². The van der Waals surface area contributed by atoms with Gasteiger partial charge in [0.05, 0.1) is 19.9 Å². The number of benzene rings is 1. The molecule has 0 atom stereocenters. The van der Waals surface area contributed by atoms with Gasteiger partial charge in [0.1, 0.15) is 6.26 Å². The second-order valence-electron chi connectivity index (χ2n) is 6.27. The van der Waals surface area contributed by atoms with E-state index >= 15 is 0 Å². The standard InChI is InChI=1S/C18H24N2O3/c1-12(2)18-19-15(11-23-18)10-20-6-5-13-7-16(21-3)17(22-4)8-14(13)9-20/h7-8,11-12H,5-6,9-10H2,1-4H3. The largest absolute Gasteiger partial charge is 0.493 e. The predicted octanol–water partition coefficient (Wildman–Crippen LogP) is 3.37. The van der Waals surface area contributed by atoms with Gasteiger partial charge >= 0.3 is 0 Å². The fourth-order valence-corrected chi connectivity index (χ4v) is 2.97. The first-order valence-electron chi connectivity index (χ1n) is 8.01. The van der Waals surface area contributed by atoms with Crippen LogP contribution in [0.3, 0.4) is 0 Å². The first-order chi connectivity index (χ1) is 11.1. The van der Waals surface area contributed by atoms with Crippen LogP contribution in [0.25, 0.3) is 0 Å². The van der Waals surface area contributed by atoms with Crippen molar-refractivity contribution in [2.45, 2.75) is 39.3 Å². The third kappa shape index (κ3) is 3.34. The van der Waals surface area contributed by atoms with Crippen molar-refractivity contribution in [2.24, 2.45) is 0 Å². The first kappa shape index (κ1) is 15.9. The second kappa shape index (κ2) is 6.62. The van der Waals surface area contributed by atoms with Crippen LogP contribution in [0.2, 0.25) is 0 Å². The van der Waals surface area contributed by atoms with Crippen LogP contribution in [0.5, 0.6) is 11.5 Å². The van der Waals surface area contributed by atoms with E-state index in [2.05, 4.69) is 35.9 Å². The number of methoxy groups -OCH3 is 2. The zero-order valence-corrected chi connectivity index (χ0v) is 14.3. The van der Waals surface area contributed by atoms with E-state index in [0.29, 0.717) is 5.92 Å². The van der Waals surface area contributed by atoms with Gasteiger partial charge in [-0.25, -0.2) is 4.98 Å². The molecule has 3 rings (SSSR count). The van der Waals surface area contributed by atoms with Gasteiger partial charge in [0.15, 0.2) is 17.4 Å². The van der Waals surface area contributed by atoms with Crippen LogP contribution in [0.4, 0.5) is 0 Å². The quantitative estimate of drug-likeness (QED) is 0.846. The van der Waals surface area contributed by atoms with Gasteiger partial charge in [-0.2, -0.15) is 0 Å². The van der Waals surface area contributed by atoms with E-state index in [1.807, 2.05) is 0 Å². The highest BCUT2D eigenvalue weighted by molar-refractivity contribution is 5.48. The molecule has 0 unspecified atom stereocenters. The molecule has 5 heteroatoms. The maximum Gasteiger partial charge on any atom is 0.196 e. The van der Waals surface area contributed by atoms with Crippen molar-refractivity contribution in [1.29, 1.82) is 0 Å². The van der Waals surface area contributed by atoms with E-state index in [4.69, 9.17) is 13.9 Å². The summed E-state index contributed by atoms with van der Waals surface area (Å²) in [5, 5.41) is 0. The molecule has 0 saturated heterocycles. The summed E-state index contributed by atoms with van der Waals surface area (Å²) in [6, 6.07) is 4.18. The van der Waals surface area contributed by atoms with Gasteiger partial charge in [0.25, 0.3) is 0 Å². The minimum atomic E-state index is 0.322. The summed E-state index contributed by atoms with van der Waals surface area (Å²) in [4.78, 5) is 6.95. The minimum absolute atomic E-state index is 0.322. The molecule has 1 aliphatic rings. The maximum atomic E-state index is 5.53. The number of rotatable bonds is 5. The molecule has 0 aliphatic carbocycles.